The van der Waals surface area contributed by atoms with E-state index in [2.05, 4.69) is 69.3 Å². The highest BCUT2D eigenvalue weighted by Crippen LogP contribution is 2.39. The van der Waals surface area contributed by atoms with Crippen LogP contribution in [0, 0.1) is 5.41 Å². The van der Waals surface area contributed by atoms with E-state index >= 15 is 0 Å². The summed E-state index contributed by atoms with van der Waals surface area (Å²) in [6.07, 6.45) is 5.75. The van der Waals surface area contributed by atoms with Gasteiger partial charge in [0.05, 0.1) is 7.11 Å². The Labute approximate surface area is 126 Å². The van der Waals surface area contributed by atoms with Crippen LogP contribution in [0.1, 0.15) is 32.8 Å². The SMILES string of the molecule is COc1ccc(C2=CCC(C(C)(C)C)=C2)c2ccccc12. The average molecular weight is 278 g/mol. The van der Waals surface area contributed by atoms with E-state index < -0.39 is 0 Å². The van der Waals surface area contributed by atoms with E-state index in [0.717, 1.165) is 12.2 Å². The number of rotatable bonds is 2. The molecule has 1 aliphatic rings. The summed E-state index contributed by atoms with van der Waals surface area (Å²) in [6.45, 7) is 6.84. The molecule has 21 heavy (non-hydrogen) atoms. The van der Waals surface area contributed by atoms with Crippen molar-refractivity contribution in [2.24, 2.45) is 5.41 Å². The van der Waals surface area contributed by atoms with Crippen LogP contribution in [0.15, 0.2) is 54.1 Å². The highest BCUT2D eigenvalue weighted by Gasteiger charge is 2.21. The first-order valence-electron chi connectivity index (χ1n) is 7.48. The van der Waals surface area contributed by atoms with E-state index in [4.69, 9.17) is 4.74 Å². The normalized spacial score (nSPS) is 15.0. The predicted octanol–water partition coefficient (Wildman–Crippen LogP) is 5.61. The zero-order valence-electron chi connectivity index (χ0n) is 13.2. The lowest BCUT2D eigenvalue weighted by atomic mass is 9.85. The summed E-state index contributed by atoms with van der Waals surface area (Å²) in [5.74, 6) is 0.938. The first-order chi connectivity index (χ1) is 10.0. The van der Waals surface area contributed by atoms with Crippen molar-refractivity contribution >= 4 is 16.3 Å². The topological polar surface area (TPSA) is 9.23 Å². The predicted molar refractivity (Wildman–Crippen MR) is 90.6 cm³/mol. The van der Waals surface area contributed by atoms with Crippen LogP contribution in [-0.4, -0.2) is 7.11 Å². The van der Waals surface area contributed by atoms with Crippen LogP contribution >= 0.6 is 0 Å². The van der Waals surface area contributed by atoms with E-state index in [1.54, 1.807) is 7.11 Å². The Balaban J connectivity index is 2.13. The van der Waals surface area contributed by atoms with E-state index in [1.807, 2.05) is 0 Å². The average Bonchev–Trinajstić information content (AvgIpc) is 2.96. The van der Waals surface area contributed by atoms with Crippen molar-refractivity contribution in [2.75, 3.05) is 7.11 Å². The molecule has 0 fully saturated rings. The molecule has 1 heteroatoms. The number of benzene rings is 2. The molecule has 2 aromatic rings. The lowest BCUT2D eigenvalue weighted by Crippen LogP contribution is -2.07. The van der Waals surface area contributed by atoms with Crippen molar-refractivity contribution in [3.63, 3.8) is 0 Å². The van der Waals surface area contributed by atoms with Crippen molar-refractivity contribution in [2.45, 2.75) is 27.2 Å². The maximum atomic E-state index is 5.49. The fourth-order valence-corrected chi connectivity index (χ4v) is 2.94. The molecule has 0 atom stereocenters. The van der Waals surface area contributed by atoms with Gasteiger partial charge in [-0.3, -0.25) is 0 Å². The van der Waals surface area contributed by atoms with Gasteiger partial charge in [-0.25, -0.2) is 0 Å². The first-order valence-corrected chi connectivity index (χ1v) is 7.48. The third-order valence-electron chi connectivity index (χ3n) is 4.25. The number of hydrogen-bond donors (Lipinski definition) is 0. The third kappa shape index (κ3) is 2.49. The summed E-state index contributed by atoms with van der Waals surface area (Å²) >= 11 is 0. The quantitative estimate of drug-likeness (QED) is 0.694. The summed E-state index contributed by atoms with van der Waals surface area (Å²) in [4.78, 5) is 0. The highest BCUT2D eigenvalue weighted by atomic mass is 16.5. The van der Waals surface area contributed by atoms with Gasteiger partial charge in [0.2, 0.25) is 0 Å². The number of ether oxygens (including phenoxy) is 1. The van der Waals surface area contributed by atoms with Crippen molar-refractivity contribution < 1.29 is 4.74 Å². The Morgan fingerprint density at radius 1 is 0.952 bits per heavy atom. The van der Waals surface area contributed by atoms with E-state index in [1.165, 1.54) is 27.5 Å². The molecule has 0 saturated heterocycles. The molecule has 0 N–H and O–H groups in total. The Kier molecular flexibility index (Phi) is 3.36. The van der Waals surface area contributed by atoms with Gasteiger partial charge in [-0.1, -0.05) is 68.8 Å². The van der Waals surface area contributed by atoms with Crippen LogP contribution in [0.5, 0.6) is 5.75 Å². The van der Waals surface area contributed by atoms with Crippen LogP contribution in [0.4, 0.5) is 0 Å². The van der Waals surface area contributed by atoms with Crippen LogP contribution < -0.4 is 4.74 Å². The molecular weight excluding hydrogens is 256 g/mol. The third-order valence-corrected chi connectivity index (χ3v) is 4.25. The fourth-order valence-electron chi connectivity index (χ4n) is 2.94. The second-order valence-corrected chi connectivity index (χ2v) is 6.64. The van der Waals surface area contributed by atoms with E-state index in [-0.39, 0.29) is 5.41 Å². The zero-order valence-corrected chi connectivity index (χ0v) is 13.2. The molecule has 2 aromatic carbocycles. The molecule has 0 spiro atoms. The second kappa shape index (κ2) is 5.07. The van der Waals surface area contributed by atoms with Crippen molar-refractivity contribution in [3.8, 4) is 5.75 Å². The molecule has 0 heterocycles. The molecule has 1 aliphatic carbocycles. The van der Waals surface area contributed by atoms with Crippen molar-refractivity contribution in [1.82, 2.24) is 0 Å². The van der Waals surface area contributed by atoms with E-state index in [0.29, 0.717) is 0 Å². The van der Waals surface area contributed by atoms with Crippen LogP contribution in [0.3, 0.4) is 0 Å². The summed E-state index contributed by atoms with van der Waals surface area (Å²) in [7, 11) is 1.73. The molecule has 0 bridgehead atoms. The lowest BCUT2D eigenvalue weighted by molar-refractivity contribution is 0.420. The fraction of sp³-hybridized carbons (Fsp3) is 0.300. The van der Waals surface area contributed by atoms with Gasteiger partial charge in [-0.15, -0.1) is 0 Å². The van der Waals surface area contributed by atoms with Gasteiger partial charge in [0, 0.05) is 5.39 Å². The number of hydrogen-bond acceptors (Lipinski definition) is 1. The van der Waals surface area contributed by atoms with Crippen LogP contribution in [0.25, 0.3) is 16.3 Å². The zero-order chi connectivity index (χ0) is 15.0. The highest BCUT2D eigenvalue weighted by molar-refractivity contribution is 5.99. The standard InChI is InChI=1S/C20H22O/c1-20(2,3)15-10-9-14(13-15)16-11-12-19(21-4)18-8-6-5-7-17(16)18/h5-9,11-13H,10H2,1-4H3. The molecule has 0 aliphatic heterocycles. The molecule has 0 amide bonds. The molecule has 0 radical (unpaired) electrons. The molecule has 0 saturated carbocycles. The number of fused-ring (bicyclic) bond motifs is 1. The van der Waals surface area contributed by atoms with Crippen LogP contribution in [-0.2, 0) is 0 Å². The monoisotopic (exact) mass is 278 g/mol. The Morgan fingerprint density at radius 3 is 2.29 bits per heavy atom. The molecule has 1 nitrogen and oxygen atoms in total. The summed E-state index contributed by atoms with van der Waals surface area (Å²) in [6, 6.07) is 12.7. The molecule has 3 rings (SSSR count). The Morgan fingerprint density at radius 2 is 1.67 bits per heavy atom. The van der Waals surface area contributed by atoms with Gasteiger partial charge in [0.1, 0.15) is 5.75 Å². The Bertz CT molecular complexity index is 742. The van der Waals surface area contributed by atoms with Crippen LogP contribution in [0.2, 0.25) is 0 Å². The molecule has 0 aromatic heterocycles. The van der Waals surface area contributed by atoms with Gasteiger partial charge < -0.3 is 4.74 Å². The minimum Gasteiger partial charge on any atom is -0.496 e. The van der Waals surface area contributed by atoms with Gasteiger partial charge in [0.25, 0.3) is 0 Å². The lowest BCUT2D eigenvalue weighted by Gasteiger charge is -2.19. The van der Waals surface area contributed by atoms with Gasteiger partial charge in [-0.2, -0.15) is 0 Å². The summed E-state index contributed by atoms with van der Waals surface area (Å²) < 4.78 is 5.49. The number of methoxy groups -OCH3 is 1. The maximum absolute atomic E-state index is 5.49. The minimum atomic E-state index is 0.237. The van der Waals surface area contributed by atoms with Gasteiger partial charge in [-0.05, 0) is 34.4 Å². The molecular formula is C20H22O. The van der Waals surface area contributed by atoms with E-state index in [9.17, 15) is 0 Å². The van der Waals surface area contributed by atoms with Crippen molar-refractivity contribution in [3.05, 3.63) is 59.7 Å². The molecule has 0 unspecified atom stereocenters. The minimum absolute atomic E-state index is 0.237. The molecule has 108 valence electrons. The summed E-state index contributed by atoms with van der Waals surface area (Å²) in [5.41, 5.74) is 4.36. The van der Waals surface area contributed by atoms with Crippen molar-refractivity contribution in [1.29, 1.82) is 0 Å². The largest absolute Gasteiger partial charge is 0.496 e. The summed E-state index contributed by atoms with van der Waals surface area (Å²) in [5, 5.41) is 2.44. The second-order valence-electron chi connectivity index (χ2n) is 6.64. The number of allylic oxidation sites excluding steroid dienone is 4. The van der Waals surface area contributed by atoms with Gasteiger partial charge >= 0.3 is 0 Å². The Hall–Kier alpha value is -2.02. The maximum Gasteiger partial charge on any atom is 0.126 e. The first kappa shape index (κ1) is 13.9. The smallest absolute Gasteiger partial charge is 0.126 e. The van der Waals surface area contributed by atoms with Gasteiger partial charge in [0.15, 0.2) is 0 Å².